The van der Waals surface area contributed by atoms with Crippen LogP contribution in [0.5, 0.6) is 0 Å². The number of carbonyl (C=O) groups excluding carboxylic acids is 1. The normalized spacial score (nSPS) is 18.1. The Labute approximate surface area is 174 Å². The van der Waals surface area contributed by atoms with Crippen LogP contribution >= 0.6 is 0 Å². The first-order valence-electron chi connectivity index (χ1n) is 10.0. The molecule has 2 aromatic carbocycles. The van der Waals surface area contributed by atoms with Gasteiger partial charge in [0, 0.05) is 38.2 Å². The number of carbonyl (C=O) groups is 1. The maximum Gasteiger partial charge on any atom is 0.339 e. The van der Waals surface area contributed by atoms with Crippen LogP contribution in [0.15, 0.2) is 73.8 Å². The van der Waals surface area contributed by atoms with E-state index in [9.17, 15) is 4.79 Å². The van der Waals surface area contributed by atoms with E-state index in [0.29, 0.717) is 12.0 Å². The SMILES string of the molecule is C=CCN(CC=C)c1ccc(C2(CCN(C)C)Cc3ccccc3C(=O)O2)cc1. The Morgan fingerprint density at radius 1 is 1.03 bits per heavy atom. The van der Waals surface area contributed by atoms with Crippen LogP contribution in [-0.2, 0) is 16.8 Å². The summed E-state index contributed by atoms with van der Waals surface area (Å²) < 4.78 is 6.12. The highest BCUT2D eigenvalue weighted by atomic mass is 16.6. The summed E-state index contributed by atoms with van der Waals surface area (Å²) >= 11 is 0. The second kappa shape index (κ2) is 9.10. The third-order valence-corrected chi connectivity index (χ3v) is 5.42. The summed E-state index contributed by atoms with van der Waals surface area (Å²) in [7, 11) is 4.08. The van der Waals surface area contributed by atoms with E-state index in [2.05, 4.69) is 47.2 Å². The number of esters is 1. The molecule has 0 saturated carbocycles. The van der Waals surface area contributed by atoms with E-state index in [1.807, 2.05) is 50.5 Å². The lowest BCUT2D eigenvalue weighted by Crippen LogP contribution is -2.41. The van der Waals surface area contributed by atoms with E-state index in [-0.39, 0.29) is 5.97 Å². The van der Waals surface area contributed by atoms with Gasteiger partial charge in [0.15, 0.2) is 0 Å². The number of hydrogen-bond donors (Lipinski definition) is 0. The first-order chi connectivity index (χ1) is 14.0. The summed E-state index contributed by atoms with van der Waals surface area (Å²) in [5.74, 6) is -0.241. The van der Waals surface area contributed by atoms with Gasteiger partial charge in [-0.15, -0.1) is 13.2 Å². The summed E-state index contributed by atoms with van der Waals surface area (Å²) in [5.41, 5.74) is 3.19. The molecule has 0 saturated heterocycles. The number of cyclic esters (lactones) is 1. The van der Waals surface area contributed by atoms with Gasteiger partial charge < -0.3 is 14.5 Å². The Kier molecular flexibility index (Phi) is 6.55. The second-order valence-corrected chi connectivity index (χ2v) is 7.80. The molecule has 1 atom stereocenters. The Morgan fingerprint density at radius 2 is 1.69 bits per heavy atom. The van der Waals surface area contributed by atoms with Crippen molar-refractivity contribution in [2.75, 3.05) is 38.6 Å². The molecule has 0 aromatic heterocycles. The molecule has 1 heterocycles. The van der Waals surface area contributed by atoms with Gasteiger partial charge in [-0.25, -0.2) is 4.79 Å². The highest BCUT2D eigenvalue weighted by molar-refractivity contribution is 5.92. The average Bonchev–Trinajstić information content (AvgIpc) is 2.72. The predicted octanol–water partition coefficient (Wildman–Crippen LogP) is 4.43. The standard InChI is InChI=1S/C25H30N2O2/c1-5-16-27(17-6-2)22-13-11-21(12-14-22)25(15-18-26(3)4)19-20-9-7-8-10-23(20)24(28)29-25/h5-14H,1-2,15-19H2,3-4H3. The van der Waals surface area contributed by atoms with Crippen LogP contribution < -0.4 is 4.90 Å². The van der Waals surface area contributed by atoms with Crippen molar-refractivity contribution in [1.82, 2.24) is 4.90 Å². The third kappa shape index (κ3) is 4.60. The Bertz CT molecular complexity index is 863. The van der Waals surface area contributed by atoms with Gasteiger partial charge in [0.05, 0.1) is 5.56 Å². The molecular weight excluding hydrogens is 360 g/mol. The van der Waals surface area contributed by atoms with Gasteiger partial charge in [-0.2, -0.15) is 0 Å². The van der Waals surface area contributed by atoms with E-state index >= 15 is 0 Å². The quantitative estimate of drug-likeness (QED) is 0.469. The Morgan fingerprint density at radius 3 is 2.31 bits per heavy atom. The minimum absolute atomic E-state index is 0.241. The molecule has 152 valence electrons. The van der Waals surface area contributed by atoms with E-state index < -0.39 is 5.60 Å². The summed E-state index contributed by atoms with van der Waals surface area (Å²) in [6.45, 7) is 10.0. The van der Waals surface area contributed by atoms with Gasteiger partial charge in [0.25, 0.3) is 0 Å². The van der Waals surface area contributed by atoms with E-state index in [0.717, 1.165) is 42.9 Å². The van der Waals surface area contributed by atoms with Gasteiger partial charge >= 0.3 is 5.97 Å². The van der Waals surface area contributed by atoms with Gasteiger partial charge in [-0.3, -0.25) is 0 Å². The van der Waals surface area contributed by atoms with Crippen molar-refractivity contribution in [1.29, 1.82) is 0 Å². The molecule has 1 aliphatic rings. The predicted molar refractivity (Wildman–Crippen MR) is 119 cm³/mol. The van der Waals surface area contributed by atoms with Crippen molar-refractivity contribution in [2.45, 2.75) is 18.4 Å². The van der Waals surface area contributed by atoms with E-state index in [1.165, 1.54) is 0 Å². The largest absolute Gasteiger partial charge is 0.450 e. The van der Waals surface area contributed by atoms with Gasteiger partial charge in [-0.05, 0) is 43.4 Å². The minimum atomic E-state index is -0.657. The van der Waals surface area contributed by atoms with Crippen molar-refractivity contribution in [3.63, 3.8) is 0 Å². The number of hydrogen-bond acceptors (Lipinski definition) is 4. The van der Waals surface area contributed by atoms with Crippen molar-refractivity contribution < 1.29 is 9.53 Å². The Hall–Kier alpha value is -2.85. The molecule has 0 aliphatic carbocycles. The maximum atomic E-state index is 12.8. The van der Waals surface area contributed by atoms with E-state index in [1.54, 1.807) is 0 Å². The molecule has 0 spiro atoms. The zero-order valence-electron chi connectivity index (χ0n) is 17.4. The van der Waals surface area contributed by atoms with Crippen LogP contribution in [0, 0.1) is 0 Å². The fourth-order valence-electron chi connectivity index (χ4n) is 3.87. The van der Waals surface area contributed by atoms with Crippen LogP contribution in [0.25, 0.3) is 0 Å². The summed E-state index contributed by atoms with van der Waals surface area (Å²) in [6.07, 6.45) is 5.19. The van der Waals surface area contributed by atoms with Gasteiger partial charge in [-0.1, -0.05) is 42.5 Å². The Balaban J connectivity index is 1.96. The summed E-state index contributed by atoms with van der Waals surface area (Å²) in [4.78, 5) is 17.1. The molecule has 2 aromatic rings. The average molecular weight is 391 g/mol. The minimum Gasteiger partial charge on any atom is -0.450 e. The van der Waals surface area contributed by atoms with Crippen molar-refractivity contribution in [2.24, 2.45) is 0 Å². The monoisotopic (exact) mass is 390 g/mol. The van der Waals surface area contributed by atoms with Crippen LogP contribution in [0.3, 0.4) is 0 Å². The number of nitrogens with zero attached hydrogens (tertiary/aromatic N) is 2. The lowest BCUT2D eigenvalue weighted by molar-refractivity contribution is -0.0355. The number of ether oxygens (including phenoxy) is 1. The first kappa shape index (κ1) is 20.9. The molecule has 0 amide bonds. The molecular formula is C25H30N2O2. The molecule has 0 N–H and O–H groups in total. The van der Waals surface area contributed by atoms with Crippen molar-refractivity contribution in [3.05, 3.63) is 90.5 Å². The lowest BCUT2D eigenvalue weighted by atomic mass is 9.80. The number of benzene rings is 2. The highest BCUT2D eigenvalue weighted by Gasteiger charge is 2.41. The van der Waals surface area contributed by atoms with Gasteiger partial charge in [0.2, 0.25) is 0 Å². The fourth-order valence-corrected chi connectivity index (χ4v) is 3.87. The summed E-state index contributed by atoms with van der Waals surface area (Å²) in [5, 5.41) is 0. The third-order valence-electron chi connectivity index (χ3n) is 5.42. The molecule has 29 heavy (non-hydrogen) atoms. The second-order valence-electron chi connectivity index (χ2n) is 7.80. The molecule has 4 nitrogen and oxygen atoms in total. The number of anilines is 1. The van der Waals surface area contributed by atoms with Crippen LogP contribution in [0.2, 0.25) is 0 Å². The van der Waals surface area contributed by atoms with Crippen LogP contribution in [-0.4, -0.2) is 44.6 Å². The number of fused-ring (bicyclic) bond motifs is 1. The zero-order chi connectivity index (χ0) is 20.9. The van der Waals surface area contributed by atoms with Crippen molar-refractivity contribution >= 4 is 11.7 Å². The summed E-state index contributed by atoms with van der Waals surface area (Å²) in [6, 6.07) is 16.1. The molecule has 4 heteroatoms. The van der Waals surface area contributed by atoms with E-state index in [4.69, 9.17) is 4.74 Å². The molecule has 1 aliphatic heterocycles. The first-order valence-corrected chi connectivity index (χ1v) is 10.0. The van der Waals surface area contributed by atoms with Crippen LogP contribution in [0.4, 0.5) is 5.69 Å². The van der Waals surface area contributed by atoms with Crippen LogP contribution in [0.1, 0.15) is 27.9 Å². The van der Waals surface area contributed by atoms with Crippen molar-refractivity contribution in [3.8, 4) is 0 Å². The van der Waals surface area contributed by atoms with Gasteiger partial charge in [0.1, 0.15) is 5.60 Å². The fraction of sp³-hybridized carbons (Fsp3) is 0.320. The molecule has 0 fully saturated rings. The maximum absolute atomic E-state index is 12.8. The number of rotatable bonds is 9. The molecule has 1 unspecified atom stereocenters. The zero-order valence-corrected chi connectivity index (χ0v) is 17.4. The molecule has 0 radical (unpaired) electrons. The smallest absolute Gasteiger partial charge is 0.339 e. The lowest BCUT2D eigenvalue weighted by Gasteiger charge is -2.39. The highest BCUT2D eigenvalue weighted by Crippen LogP contribution is 2.39. The molecule has 3 rings (SSSR count). The molecule has 0 bridgehead atoms. The topological polar surface area (TPSA) is 32.8 Å².